The Morgan fingerprint density at radius 1 is 0.836 bits per heavy atom. The van der Waals surface area contributed by atoms with Crippen molar-refractivity contribution in [3.8, 4) is 22.8 Å². The summed E-state index contributed by atoms with van der Waals surface area (Å²) in [5.41, 5.74) is 9.76. The van der Waals surface area contributed by atoms with Gasteiger partial charge in [0.15, 0.2) is 11.3 Å². The summed E-state index contributed by atoms with van der Waals surface area (Å²) in [6.07, 6.45) is 4.76. The van der Waals surface area contributed by atoms with Gasteiger partial charge < -0.3 is 34.9 Å². The maximum Gasteiger partial charge on any atom is 0.276 e. The lowest BCUT2D eigenvalue weighted by atomic mass is 10.0. The summed E-state index contributed by atoms with van der Waals surface area (Å²) in [6, 6.07) is 20.8. The highest BCUT2D eigenvalue weighted by molar-refractivity contribution is 6.23. The van der Waals surface area contributed by atoms with Crippen LogP contribution < -0.4 is 21.1 Å². The zero-order valence-electron chi connectivity index (χ0n) is 36.4. The fourth-order valence-electron chi connectivity index (χ4n) is 8.31. The first-order valence-electron chi connectivity index (χ1n) is 22.1. The van der Waals surface area contributed by atoms with Crippen molar-refractivity contribution < 1.29 is 42.9 Å². The number of carbonyl (C=O) groups is 5. The number of likely N-dealkylation sites (tertiary alicyclic amines) is 1. The SMILES string of the molecule is Nc1ncnc2c1c(-c1ccc(Oc3ccccc3)cc1)nn2[C@@H]1CCCN(C(=O)c2cn(CCOCCOCCOCCNc3ccc4c(c3)C(=O)N(C3CCC(=O)NC3=O)C4=O)nn2)C1. The summed E-state index contributed by atoms with van der Waals surface area (Å²) < 4.78 is 26.4. The van der Waals surface area contributed by atoms with Gasteiger partial charge in [-0.3, -0.25) is 34.2 Å². The van der Waals surface area contributed by atoms with Crippen LogP contribution >= 0.6 is 0 Å². The van der Waals surface area contributed by atoms with Gasteiger partial charge in [0.2, 0.25) is 11.8 Å². The molecule has 21 nitrogen and oxygen atoms in total. The molecule has 0 aliphatic carbocycles. The lowest BCUT2D eigenvalue weighted by Crippen LogP contribution is -2.54. The van der Waals surface area contributed by atoms with Gasteiger partial charge in [0, 0.05) is 37.3 Å². The van der Waals surface area contributed by atoms with Crippen LogP contribution in [0.3, 0.4) is 0 Å². The summed E-state index contributed by atoms with van der Waals surface area (Å²) in [6.45, 7) is 3.94. The highest BCUT2D eigenvalue weighted by Crippen LogP contribution is 2.35. The molecule has 9 rings (SSSR count). The third-order valence-corrected chi connectivity index (χ3v) is 11.6. The second kappa shape index (κ2) is 20.3. The van der Waals surface area contributed by atoms with Gasteiger partial charge in [-0.1, -0.05) is 23.4 Å². The molecule has 2 saturated heterocycles. The van der Waals surface area contributed by atoms with E-state index in [1.165, 1.54) is 6.33 Å². The van der Waals surface area contributed by atoms with E-state index in [1.807, 2.05) is 59.3 Å². The molecule has 3 aromatic heterocycles. The number of benzene rings is 3. The number of carbonyl (C=O) groups excluding carboxylic acids is 5. The number of rotatable bonds is 19. The van der Waals surface area contributed by atoms with Gasteiger partial charge in [-0.15, -0.1) is 5.10 Å². The van der Waals surface area contributed by atoms with Gasteiger partial charge in [0.1, 0.15) is 35.4 Å². The molecule has 0 spiro atoms. The number of piperidine rings is 2. The van der Waals surface area contributed by atoms with E-state index >= 15 is 0 Å². The van der Waals surface area contributed by atoms with Crippen molar-refractivity contribution in [2.75, 3.05) is 70.3 Å². The number of nitrogens with zero attached hydrogens (tertiary/aromatic N) is 9. The van der Waals surface area contributed by atoms with Crippen LogP contribution in [-0.4, -0.2) is 139 Å². The number of imide groups is 2. The van der Waals surface area contributed by atoms with Gasteiger partial charge in [-0.2, -0.15) is 5.10 Å². The Hall–Kier alpha value is -7.62. The quantitative estimate of drug-likeness (QED) is 0.0777. The van der Waals surface area contributed by atoms with Gasteiger partial charge in [0.05, 0.1) is 74.9 Å². The molecule has 2 fully saturated rings. The fourth-order valence-corrected chi connectivity index (χ4v) is 8.31. The molecule has 0 radical (unpaired) electrons. The summed E-state index contributed by atoms with van der Waals surface area (Å²) in [4.78, 5) is 75.0. The summed E-state index contributed by atoms with van der Waals surface area (Å²) in [7, 11) is 0. The van der Waals surface area contributed by atoms with Gasteiger partial charge >= 0.3 is 0 Å². The monoisotopic (exact) mass is 912 g/mol. The van der Waals surface area contributed by atoms with Gasteiger partial charge in [-0.25, -0.2) is 19.3 Å². The van der Waals surface area contributed by atoms with E-state index in [4.69, 9.17) is 29.8 Å². The molecular formula is C46H48N12O9. The number of para-hydroxylation sites is 1. The van der Waals surface area contributed by atoms with Crippen LogP contribution in [0.2, 0.25) is 0 Å². The van der Waals surface area contributed by atoms with Crippen molar-refractivity contribution in [2.45, 2.75) is 44.3 Å². The number of nitrogen functional groups attached to an aromatic ring is 1. The number of hydrogen-bond acceptors (Lipinski definition) is 16. The van der Waals surface area contributed by atoms with E-state index < -0.39 is 29.7 Å². The largest absolute Gasteiger partial charge is 0.457 e. The van der Waals surface area contributed by atoms with Crippen LogP contribution in [0.4, 0.5) is 11.5 Å². The molecule has 0 saturated carbocycles. The molecular weight excluding hydrogens is 865 g/mol. The molecule has 67 heavy (non-hydrogen) atoms. The second-order valence-corrected chi connectivity index (χ2v) is 16.1. The van der Waals surface area contributed by atoms with Crippen LogP contribution in [0.15, 0.2) is 85.3 Å². The molecule has 3 aromatic carbocycles. The first-order chi connectivity index (χ1) is 32.7. The molecule has 346 valence electrons. The Morgan fingerprint density at radius 2 is 1.58 bits per heavy atom. The molecule has 1 unspecified atom stereocenters. The number of nitrogens with one attached hydrogen (secondary N) is 2. The minimum absolute atomic E-state index is 0.0596. The topological polar surface area (TPSA) is 253 Å². The Labute approximate surface area is 383 Å². The third-order valence-electron chi connectivity index (χ3n) is 11.6. The first kappa shape index (κ1) is 44.6. The average Bonchev–Trinajstić information content (AvgIpc) is 4.05. The molecule has 3 aliphatic rings. The molecule has 6 heterocycles. The number of anilines is 2. The zero-order valence-corrected chi connectivity index (χ0v) is 36.4. The predicted octanol–water partition coefficient (Wildman–Crippen LogP) is 3.50. The van der Waals surface area contributed by atoms with Crippen LogP contribution in [0.1, 0.15) is 62.9 Å². The van der Waals surface area contributed by atoms with Crippen molar-refractivity contribution in [3.63, 3.8) is 0 Å². The molecule has 3 aliphatic heterocycles. The molecule has 21 heteroatoms. The van der Waals surface area contributed by atoms with Crippen LogP contribution in [0.25, 0.3) is 22.3 Å². The number of hydrogen-bond donors (Lipinski definition) is 3. The maximum atomic E-state index is 13.7. The number of ether oxygens (including phenoxy) is 4. The second-order valence-electron chi connectivity index (χ2n) is 16.1. The zero-order chi connectivity index (χ0) is 46.3. The van der Waals surface area contributed by atoms with Crippen LogP contribution in [0.5, 0.6) is 11.5 Å². The lowest BCUT2D eigenvalue weighted by molar-refractivity contribution is -0.136. The smallest absolute Gasteiger partial charge is 0.276 e. The average molecular weight is 913 g/mol. The Bertz CT molecular complexity index is 2780. The van der Waals surface area contributed by atoms with Gasteiger partial charge in [-0.05, 0) is 73.9 Å². The number of aromatic nitrogens is 7. The van der Waals surface area contributed by atoms with Crippen molar-refractivity contribution in [1.29, 1.82) is 0 Å². The normalized spacial score (nSPS) is 17.3. The van der Waals surface area contributed by atoms with Crippen LogP contribution in [0, 0.1) is 0 Å². The molecule has 5 amide bonds. The summed E-state index contributed by atoms with van der Waals surface area (Å²) >= 11 is 0. The molecule has 4 N–H and O–H groups in total. The van der Waals surface area contributed by atoms with E-state index in [1.54, 1.807) is 34.0 Å². The van der Waals surface area contributed by atoms with E-state index in [2.05, 4.69) is 30.9 Å². The van der Waals surface area contributed by atoms with Crippen molar-refractivity contribution in [2.24, 2.45) is 0 Å². The van der Waals surface area contributed by atoms with E-state index in [0.717, 1.165) is 29.1 Å². The minimum Gasteiger partial charge on any atom is -0.457 e. The maximum absolute atomic E-state index is 13.7. The first-order valence-corrected chi connectivity index (χ1v) is 22.1. The van der Waals surface area contributed by atoms with Crippen LogP contribution in [-0.2, 0) is 30.3 Å². The Kier molecular flexibility index (Phi) is 13.5. The Balaban J connectivity index is 0.671. The van der Waals surface area contributed by atoms with Crippen molar-refractivity contribution in [3.05, 3.63) is 102 Å². The summed E-state index contributed by atoms with van der Waals surface area (Å²) in [5.74, 6) is -0.664. The molecule has 2 atom stereocenters. The highest BCUT2D eigenvalue weighted by atomic mass is 16.5. The van der Waals surface area contributed by atoms with E-state index in [9.17, 15) is 24.0 Å². The molecule has 0 bridgehead atoms. The van der Waals surface area contributed by atoms with Crippen molar-refractivity contribution >= 4 is 52.1 Å². The minimum atomic E-state index is -1.01. The summed E-state index contributed by atoms with van der Waals surface area (Å²) in [5, 5.41) is 19.3. The van der Waals surface area contributed by atoms with Crippen molar-refractivity contribution in [1.82, 2.24) is 49.9 Å². The highest BCUT2D eigenvalue weighted by Gasteiger charge is 2.44. The number of nitrogens with two attached hydrogens (primary N) is 1. The van der Waals surface area contributed by atoms with E-state index in [0.29, 0.717) is 99.8 Å². The molecule has 6 aromatic rings. The third kappa shape index (κ3) is 9.98. The van der Waals surface area contributed by atoms with Gasteiger partial charge in [0.25, 0.3) is 17.7 Å². The Morgan fingerprint density at radius 3 is 2.37 bits per heavy atom. The fraction of sp³-hybridized carbons (Fsp3) is 0.348. The number of amides is 5. The van der Waals surface area contributed by atoms with E-state index in [-0.39, 0.29) is 41.6 Å². The predicted molar refractivity (Wildman–Crippen MR) is 240 cm³/mol. The number of fused-ring (bicyclic) bond motifs is 2. The standard InChI is InChI=1S/C46H48N12O9/c47-41-39-40(29-8-11-33(12-9-29)67-32-6-2-1-3-7-32)53-58(42(39)50-28-49-41)31-5-4-17-55(26-31)46(63)36-27-56(54-52-36)18-20-65-22-24-66-23-21-64-19-16-48-30-10-13-34-35(25-30)45(62)57(44(34)61)37-14-15-38(59)51-43(37)60/h1-3,6-13,25,27-28,31,37,48H,4-5,14-24,26H2,(H2,47,49,50)(H,51,59,60)/t31-,37?/m1/s1. The lowest BCUT2D eigenvalue weighted by Gasteiger charge is -2.32.